The average Bonchev–Trinajstić information content (AvgIpc) is 2.91. The van der Waals surface area contributed by atoms with Crippen molar-refractivity contribution in [3.8, 4) is 0 Å². The van der Waals surface area contributed by atoms with Crippen molar-refractivity contribution in [1.29, 1.82) is 0 Å². The molecule has 0 aliphatic carbocycles. The smallest absolute Gasteiger partial charge is 0.228 e. The summed E-state index contributed by atoms with van der Waals surface area (Å²) >= 11 is 6.20. The molecule has 0 spiro atoms. The number of aryl methyl sites for hydroxylation is 1. The van der Waals surface area contributed by atoms with Gasteiger partial charge in [0.05, 0.1) is 23.3 Å². The van der Waals surface area contributed by atoms with Gasteiger partial charge in [0.1, 0.15) is 0 Å². The van der Waals surface area contributed by atoms with Crippen LogP contribution in [-0.4, -0.2) is 16.1 Å². The predicted octanol–water partition coefficient (Wildman–Crippen LogP) is 2.48. The van der Waals surface area contributed by atoms with Crippen LogP contribution in [0.1, 0.15) is 16.8 Å². The summed E-state index contributed by atoms with van der Waals surface area (Å²) in [5, 5.41) is 13.5. The summed E-state index contributed by atoms with van der Waals surface area (Å²) in [6.07, 6.45) is 2.20. The van der Waals surface area contributed by atoms with Gasteiger partial charge in [-0.15, -0.1) is 0 Å². The topological polar surface area (TPSA) is 69.8 Å². The summed E-state index contributed by atoms with van der Waals surface area (Å²) in [6, 6.07) is 3.71. The zero-order chi connectivity index (χ0) is 13.4. The lowest BCUT2D eigenvalue weighted by atomic mass is 10.1. The Balaban J connectivity index is 1.80. The van der Waals surface area contributed by atoms with E-state index < -0.39 is 0 Å². The molecule has 1 aromatic carbocycles. The molecule has 2 aromatic rings. The lowest BCUT2D eigenvalue weighted by molar-refractivity contribution is -0.115. The molecule has 2 heterocycles. The first-order valence-corrected chi connectivity index (χ1v) is 6.36. The van der Waals surface area contributed by atoms with Crippen LogP contribution in [0.4, 0.5) is 11.4 Å². The van der Waals surface area contributed by atoms with Gasteiger partial charge in [0.25, 0.3) is 0 Å². The average molecular weight is 277 g/mol. The van der Waals surface area contributed by atoms with Crippen LogP contribution in [0, 0.1) is 6.92 Å². The van der Waals surface area contributed by atoms with Crippen LogP contribution in [0.5, 0.6) is 0 Å². The summed E-state index contributed by atoms with van der Waals surface area (Å²) in [6.45, 7) is 2.61. The summed E-state index contributed by atoms with van der Waals surface area (Å²) in [5.41, 5.74) is 4.73. The van der Waals surface area contributed by atoms with Gasteiger partial charge < -0.3 is 10.6 Å². The molecule has 6 heteroatoms. The van der Waals surface area contributed by atoms with Gasteiger partial charge >= 0.3 is 0 Å². The first kappa shape index (κ1) is 12.0. The van der Waals surface area contributed by atoms with Crippen LogP contribution in [0.3, 0.4) is 0 Å². The van der Waals surface area contributed by atoms with Gasteiger partial charge in [0.15, 0.2) is 0 Å². The SMILES string of the molecule is Cc1[nH]ncc1CNc1cc2c(cc1Cl)NC(=O)C2. The van der Waals surface area contributed by atoms with Gasteiger partial charge in [-0.3, -0.25) is 9.89 Å². The summed E-state index contributed by atoms with van der Waals surface area (Å²) < 4.78 is 0. The molecule has 1 amide bonds. The quantitative estimate of drug-likeness (QED) is 0.807. The number of carbonyl (C=O) groups is 1. The third-order valence-electron chi connectivity index (χ3n) is 3.22. The van der Waals surface area contributed by atoms with E-state index in [2.05, 4.69) is 20.8 Å². The number of aromatic nitrogens is 2. The maximum absolute atomic E-state index is 11.3. The van der Waals surface area contributed by atoms with Gasteiger partial charge in [-0.2, -0.15) is 5.10 Å². The molecule has 0 fully saturated rings. The van der Waals surface area contributed by atoms with Crippen molar-refractivity contribution in [2.75, 3.05) is 10.6 Å². The number of anilines is 2. The number of carbonyl (C=O) groups excluding carboxylic acids is 1. The lowest BCUT2D eigenvalue weighted by Crippen LogP contribution is -2.03. The minimum Gasteiger partial charge on any atom is -0.380 e. The highest BCUT2D eigenvalue weighted by Gasteiger charge is 2.19. The van der Waals surface area contributed by atoms with Crippen molar-refractivity contribution in [3.63, 3.8) is 0 Å². The Labute approximate surface area is 115 Å². The van der Waals surface area contributed by atoms with Gasteiger partial charge in [-0.05, 0) is 24.6 Å². The highest BCUT2D eigenvalue weighted by molar-refractivity contribution is 6.33. The molecular weight excluding hydrogens is 264 g/mol. The number of hydrogen-bond donors (Lipinski definition) is 3. The Kier molecular flexibility index (Phi) is 2.91. The number of H-pyrrole nitrogens is 1. The predicted molar refractivity (Wildman–Crippen MR) is 74.4 cm³/mol. The minimum atomic E-state index is 0.00824. The van der Waals surface area contributed by atoms with Crippen molar-refractivity contribution in [2.45, 2.75) is 19.9 Å². The fourth-order valence-corrected chi connectivity index (χ4v) is 2.36. The third-order valence-corrected chi connectivity index (χ3v) is 3.53. The standard InChI is InChI=1S/C13H13ClN4O/c1-7-9(6-16-18-7)5-15-12-2-8-3-13(19)17-11(8)4-10(12)14/h2,4,6,15H,3,5H2,1H3,(H,16,18)(H,17,19). The number of halogens is 1. The second-order valence-electron chi connectivity index (χ2n) is 4.59. The number of amides is 1. The van der Waals surface area contributed by atoms with Gasteiger partial charge in [0.2, 0.25) is 5.91 Å². The summed E-state index contributed by atoms with van der Waals surface area (Å²) in [5.74, 6) is 0.00824. The fourth-order valence-electron chi connectivity index (χ4n) is 2.13. The Bertz CT molecular complexity index is 650. The summed E-state index contributed by atoms with van der Waals surface area (Å²) in [7, 11) is 0. The second kappa shape index (κ2) is 4.59. The molecule has 0 saturated carbocycles. The van der Waals surface area contributed by atoms with E-state index >= 15 is 0 Å². The zero-order valence-electron chi connectivity index (χ0n) is 10.4. The number of nitrogens with one attached hydrogen (secondary N) is 3. The van der Waals surface area contributed by atoms with Crippen LogP contribution in [0.15, 0.2) is 18.3 Å². The molecule has 3 rings (SSSR count). The van der Waals surface area contributed by atoms with Crippen LogP contribution in [-0.2, 0) is 17.8 Å². The lowest BCUT2D eigenvalue weighted by Gasteiger charge is -2.10. The van der Waals surface area contributed by atoms with Gasteiger partial charge in [-0.1, -0.05) is 11.6 Å². The highest BCUT2D eigenvalue weighted by Crippen LogP contribution is 2.33. The maximum atomic E-state index is 11.3. The largest absolute Gasteiger partial charge is 0.380 e. The van der Waals surface area contributed by atoms with Crippen molar-refractivity contribution >= 4 is 28.9 Å². The normalized spacial score (nSPS) is 13.3. The van der Waals surface area contributed by atoms with Gasteiger partial charge in [-0.25, -0.2) is 0 Å². The maximum Gasteiger partial charge on any atom is 0.228 e. The Hall–Kier alpha value is -2.01. The first-order valence-electron chi connectivity index (χ1n) is 5.98. The van der Waals surface area contributed by atoms with E-state index in [4.69, 9.17) is 11.6 Å². The number of benzene rings is 1. The first-order chi connectivity index (χ1) is 9.13. The molecule has 0 bridgehead atoms. The molecular formula is C13H13ClN4O. The van der Waals surface area contributed by atoms with Gasteiger partial charge in [0, 0.05) is 23.5 Å². The van der Waals surface area contributed by atoms with Crippen LogP contribution < -0.4 is 10.6 Å². The van der Waals surface area contributed by atoms with Crippen molar-refractivity contribution in [1.82, 2.24) is 10.2 Å². The molecule has 1 aliphatic rings. The number of fused-ring (bicyclic) bond motifs is 1. The Morgan fingerprint density at radius 3 is 3.05 bits per heavy atom. The number of nitrogens with zero attached hydrogens (tertiary/aromatic N) is 1. The zero-order valence-corrected chi connectivity index (χ0v) is 11.1. The molecule has 19 heavy (non-hydrogen) atoms. The minimum absolute atomic E-state index is 0.00824. The molecule has 98 valence electrons. The van der Waals surface area contributed by atoms with E-state index in [1.54, 1.807) is 12.3 Å². The molecule has 1 aromatic heterocycles. The molecule has 0 atom stereocenters. The van der Waals surface area contributed by atoms with Crippen molar-refractivity contribution < 1.29 is 4.79 Å². The van der Waals surface area contributed by atoms with Crippen molar-refractivity contribution in [2.24, 2.45) is 0 Å². The van der Waals surface area contributed by atoms with Crippen molar-refractivity contribution in [3.05, 3.63) is 40.2 Å². The molecule has 3 N–H and O–H groups in total. The molecule has 1 aliphatic heterocycles. The molecule has 5 nitrogen and oxygen atoms in total. The van der Waals surface area contributed by atoms with E-state index in [1.165, 1.54) is 0 Å². The van der Waals surface area contributed by atoms with Crippen LogP contribution >= 0.6 is 11.6 Å². The second-order valence-corrected chi connectivity index (χ2v) is 5.00. The van der Waals surface area contributed by atoms with E-state index in [1.807, 2.05) is 13.0 Å². The highest BCUT2D eigenvalue weighted by atomic mass is 35.5. The molecule has 0 saturated heterocycles. The number of rotatable bonds is 3. The monoisotopic (exact) mass is 276 g/mol. The summed E-state index contributed by atoms with van der Waals surface area (Å²) in [4.78, 5) is 11.3. The van der Waals surface area contributed by atoms with E-state index in [0.717, 1.165) is 28.2 Å². The molecule has 0 unspecified atom stereocenters. The van der Waals surface area contributed by atoms with Crippen LogP contribution in [0.25, 0.3) is 0 Å². The van der Waals surface area contributed by atoms with E-state index in [0.29, 0.717) is 18.0 Å². The van der Waals surface area contributed by atoms with Crippen LogP contribution in [0.2, 0.25) is 5.02 Å². The van der Waals surface area contributed by atoms with E-state index in [9.17, 15) is 4.79 Å². The third kappa shape index (κ3) is 2.29. The van der Waals surface area contributed by atoms with E-state index in [-0.39, 0.29) is 5.91 Å². The fraction of sp³-hybridized carbons (Fsp3) is 0.231. The Morgan fingerprint density at radius 2 is 2.32 bits per heavy atom. The Morgan fingerprint density at radius 1 is 1.47 bits per heavy atom. The number of aromatic amines is 1. The number of hydrogen-bond acceptors (Lipinski definition) is 3. The molecule has 0 radical (unpaired) electrons.